The topological polar surface area (TPSA) is 110 Å². The molecule has 0 unspecified atom stereocenters. The largest absolute Gasteiger partial charge is 0.416 e. The Hall–Kier alpha value is -3.24. The molecular formula is C14H12F3N5O3. The molecule has 1 heterocycles. The lowest BCUT2D eigenvalue weighted by Crippen LogP contribution is -2.29. The summed E-state index contributed by atoms with van der Waals surface area (Å²) in [6.45, 7) is 0.145. The van der Waals surface area contributed by atoms with Crippen molar-refractivity contribution in [2.75, 3.05) is 18.4 Å². The van der Waals surface area contributed by atoms with Gasteiger partial charge in [-0.05, 0) is 12.1 Å². The van der Waals surface area contributed by atoms with Crippen molar-refractivity contribution in [3.8, 4) is 0 Å². The Kier molecular flexibility index (Phi) is 5.47. The first kappa shape index (κ1) is 18.1. The van der Waals surface area contributed by atoms with Crippen molar-refractivity contribution in [3.63, 3.8) is 0 Å². The maximum absolute atomic E-state index is 12.6. The van der Waals surface area contributed by atoms with Crippen LogP contribution >= 0.6 is 0 Å². The molecule has 1 aromatic carbocycles. The summed E-state index contributed by atoms with van der Waals surface area (Å²) < 4.78 is 37.9. The maximum Gasteiger partial charge on any atom is 0.416 e. The molecule has 1 amide bonds. The predicted octanol–water partition coefficient (Wildman–Crippen LogP) is 2.25. The fraction of sp³-hybridized carbons (Fsp3) is 0.214. The second-order valence-electron chi connectivity index (χ2n) is 4.76. The highest BCUT2D eigenvalue weighted by Gasteiger charge is 2.32. The molecule has 0 saturated heterocycles. The number of amides is 1. The molecular weight excluding hydrogens is 343 g/mol. The standard InChI is InChI=1S/C14H12F3N5O3/c15-14(16,17)9-1-2-10(12(7-9)22(24)25)19-5-6-21-13(23)11-8-18-3-4-20-11/h1-4,7-8,19H,5-6H2,(H,21,23). The zero-order chi connectivity index (χ0) is 18.4. The number of benzene rings is 1. The zero-order valence-electron chi connectivity index (χ0n) is 12.6. The predicted molar refractivity (Wildman–Crippen MR) is 81.0 cm³/mol. The molecule has 2 N–H and O–H groups in total. The number of nitrogens with zero attached hydrogens (tertiary/aromatic N) is 3. The molecule has 132 valence electrons. The number of hydrogen-bond acceptors (Lipinski definition) is 6. The summed E-state index contributed by atoms with van der Waals surface area (Å²) in [5.74, 6) is -0.489. The molecule has 2 aromatic rings. The first-order valence-corrected chi connectivity index (χ1v) is 6.93. The van der Waals surface area contributed by atoms with E-state index in [2.05, 4.69) is 20.6 Å². The molecule has 25 heavy (non-hydrogen) atoms. The van der Waals surface area contributed by atoms with Gasteiger partial charge in [-0.25, -0.2) is 4.98 Å². The summed E-state index contributed by atoms with van der Waals surface area (Å²) in [6, 6.07) is 2.18. The summed E-state index contributed by atoms with van der Waals surface area (Å²) in [5, 5.41) is 16.1. The van der Waals surface area contributed by atoms with E-state index in [0.717, 1.165) is 12.1 Å². The van der Waals surface area contributed by atoms with E-state index in [1.54, 1.807) is 0 Å². The first-order chi connectivity index (χ1) is 11.8. The fourth-order valence-corrected chi connectivity index (χ4v) is 1.89. The van der Waals surface area contributed by atoms with Gasteiger partial charge < -0.3 is 10.6 Å². The molecule has 0 atom stereocenters. The highest BCUT2D eigenvalue weighted by atomic mass is 19.4. The van der Waals surface area contributed by atoms with Gasteiger partial charge in [-0.15, -0.1) is 0 Å². The monoisotopic (exact) mass is 355 g/mol. The van der Waals surface area contributed by atoms with Gasteiger partial charge in [-0.1, -0.05) is 0 Å². The third-order valence-electron chi connectivity index (χ3n) is 3.04. The molecule has 0 aliphatic carbocycles. The summed E-state index contributed by atoms with van der Waals surface area (Å²) in [4.78, 5) is 29.3. The van der Waals surface area contributed by atoms with Gasteiger partial charge in [0.2, 0.25) is 0 Å². The van der Waals surface area contributed by atoms with Gasteiger partial charge in [-0.3, -0.25) is 19.9 Å². The highest BCUT2D eigenvalue weighted by Crippen LogP contribution is 2.34. The molecule has 0 aliphatic rings. The lowest BCUT2D eigenvalue weighted by molar-refractivity contribution is -0.384. The zero-order valence-corrected chi connectivity index (χ0v) is 12.6. The van der Waals surface area contributed by atoms with Crippen molar-refractivity contribution in [1.82, 2.24) is 15.3 Å². The minimum atomic E-state index is -4.67. The van der Waals surface area contributed by atoms with E-state index >= 15 is 0 Å². The van der Waals surface area contributed by atoms with E-state index < -0.39 is 28.3 Å². The number of anilines is 1. The molecule has 0 aliphatic heterocycles. The number of carbonyl (C=O) groups excluding carboxylic acids is 1. The van der Waals surface area contributed by atoms with E-state index in [0.29, 0.717) is 6.07 Å². The van der Waals surface area contributed by atoms with Crippen molar-refractivity contribution < 1.29 is 22.9 Å². The van der Waals surface area contributed by atoms with Crippen LogP contribution in [-0.4, -0.2) is 33.9 Å². The average Bonchev–Trinajstić information content (AvgIpc) is 2.58. The minimum Gasteiger partial charge on any atom is -0.378 e. The second kappa shape index (κ2) is 7.55. The minimum absolute atomic E-state index is 0.0677. The quantitative estimate of drug-likeness (QED) is 0.467. The first-order valence-electron chi connectivity index (χ1n) is 6.93. The smallest absolute Gasteiger partial charge is 0.378 e. The van der Waals surface area contributed by atoms with Crippen LogP contribution in [0, 0.1) is 10.1 Å². The maximum atomic E-state index is 12.6. The van der Waals surface area contributed by atoms with Gasteiger partial charge in [0.05, 0.1) is 16.7 Å². The van der Waals surface area contributed by atoms with Crippen LogP contribution in [0.1, 0.15) is 16.1 Å². The Labute approximate surface area is 139 Å². The lowest BCUT2D eigenvalue weighted by atomic mass is 10.1. The number of aromatic nitrogens is 2. The Balaban J connectivity index is 1.96. The van der Waals surface area contributed by atoms with Crippen LogP contribution in [0.3, 0.4) is 0 Å². The Morgan fingerprint density at radius 2 is 2.00 bits per heavy atom. The van der Waals surface area contributed by atoms with Crippen LogP contribution in [0.2, 0.25) is 0 Å². The number of nitro benzene ring substituents is 1. The fourth-order valence-electron chi connectivity index (χ4n) is 1.89. The Morgan fingerprint density at radius 3 is 2.60 bits per heavy atom. The molecule has 0 bridgehead atoms. The normalized spacial score (nSPS) is 11.0. The average molecular weight is 355 g/mol. The number of nitrogens with one attached hydrogen (secondary N) is 2. The van der Waals surface area contributed by atoms with E-state index in [9.17, 15) is 28.1 Å². The number of halogens is 3. The second-order valence-corrected chi connectivity index (χ2v) is 4.76. The SMILES string of the molecule is O=C(NCCNc1ccc(C(F)(F)F)cc1[N+](=O)[O-])c1cnccn1. The van der Waals surface area contributed by atoms with Gasteiger partial charge in [0.1, 0.15) is 11.4 Å². The van der Waals surface area contributed by atoms with Crippen molar-refractivity contribution in [2.45, 2.75) is 6.18 Å². The highest BCUT2D eigenvalue weighted by molar-refractivity contribution is 5.91. The third-order valence-corrected chi connectivity index (χ3v) is 3.04. The molecule has 0 radical (unpaired) electrons. The number of rotatable bonds is 6. The molecule has 2 rings (SSSR count). The van der Waals surface area contributed by atoms with Crippen LogP contribution in [0.5, 0.6) is 0 Å². The van der Waals surface area contributed by atoms with Gasteiger partial charge in [0, 0.05) is 31.5 Å². The summed E-state index contributed by atoms with van der Waals surface area (Å²) in [5.41, 5.74) is -1.79. The molecule has 11 heteroatoms. The molecule has 8 nitrogen and oxygen atoms in total. The molecule has 1 aromatic heterocycles. The summed E-state index contributed by atoms with van der Waals surface area (Å²) in [7, 11) is 0. The lowest BCUT2D eigenvalue weighted by Gasteiger charge is -2.11. The van der Waals surface area contributed by atoms with E-state index in [1.807, 2.05) is 0 Å². The number of carbonyl (C=O) groups is 1. The van der Waals surface area contributed by atoms with Crippen LogP contribution in [0.15, 0.2) is 36.8 Å². The van der Waals surface area contributed by atoms with E-state index in [1.165, 1.54) is 18.6 Å². The van der Waals surface area contributed by atoms with Gasteiger partial charge in [-0.2, -0.15) is 13.2 Å². The Morgan fingerprint density at radius 1 is 1.24 bits per heavy atom. The van der Waals surface area contributed by atoms with Gasteiger partial charge in [0.25, 0.3) is 11.6 Å². The van der Waals surface area contributed by atoms with E-state index in [-0.39, 0.29) is 24.5 Å². The number of alkyl halides is 3. The number of nitro groups is 1. The van der Waals surface area contributed by atoms with Crippen molar-refractivity contribution in [2.24, 2.45) is 0 Å². The molecule has 0 fully saturated rings. The van der Waals surface area contributed by atoms with Crippen LogP contribution in [0.4, 0.5) is 24.5 Å². The summed E-state index contributed by atoms with van der Waals surface area (Å²) in [6.07, 6.45) is -0.655. The number of hydrogen-bond donors (Lipinski definition) is 2. The van der Waals surface area contributed by atoms with Gasteiger partial charge >= 0.3 is 6.18 Å². The third kappa shape index (κ3) is 4.86. The van der Waals surface area contributed by atoms with E-state index in [4.69, 9.17) is 0 Å². The van der Waals surface area contributed by atoms with Crippen LogP contribution < -0.4 is 10.6 Å². The van der Waals surface area contributed by atoms with Crippen LogP contribution in [0.25, 0.3) is 0 Å². The van der Waals surface area contributed by atoms with Crippen molar-refractivity contribution in [1.29, 1.82) is 0 Å². The Bertz CT molecular complexity index is 768. The van der Waals surface area contributed by atoms with Gasteiger partial charge in [0.15, 0.2) is 0 Å². The van der Waals surface area contributed by atoms with Crippen LogP contribution in [-0.2, 0) is 6.18 Å². The molecule has 0 saturated carbocycles. The van der Waals surface area contributed by atoms with Crippen molar-refractivity contribution >= 4 is 17.3 Å². The van der Waals surface area contributed by atoms with Crippen molar-refractivity contribution in [3.05, 3.63) is 58.2 Å². The molecule has 0 spiro atoms. The summed E-state index contributed by atoms with van der Waals surface area (Å²) >= 11 is 0.